The molecule has 182 valence electrons. The highest BCUT2D eigenvalue weighted by Gasteiger charge is 2.27. The Kier molecular flexibility index (Phi) is 6.38. The fourth-order valence-corrected chi connectivity index (χ4v) is 4.44. The lowest BCUT2D eigenvalue weighted by atomic mass is 10.0. The van der Waals surface area contributed by atoms with Gasteiger partial charge in [-0.15, -0.1) is 0 Å². The third kappa shape index (κ3) is 5.43. The van der Waals surface area contributed by atoms with E-state index in [1.165, 1.54) is 6.20 Å². The molecule has 0 saturated carbocycles. The molecule has 7 nitrogen and oxygen atoms in total. The molecule has 0 aliphatic carbocycles. The van der Waals surface area contributed by atoms with Gasteiger partial charge in [0.05, 0.1) is 30.6 Å². The molecule has 1 aliphatic heterocycles. The summed E-state index contributed by atoms with van der Waals surface area (Å²) in [6.45, 7) is 1.97. The predicted molar refractivity (Wildman–Crippen MR) is 125 cm³/mol. The van der Waals surface area contributed by atoms with Crippen LogP contribution in [0, 0.1) is 0 Å². The number of rotatable bonds is 7. The van der Waals surface area contributed by atoms with Crippen molar-refractivity contribution in [3.63, 3.8) is 0 Å². The molecule has 1 fully saturated rings. The van der Waals surface area contributed by atoms with Gasteiger partial charge >= 0.3 is 6.18 Å². The van der Waals surface area contributed by atoms with Crippen molar-refractivity contribution in [2.24, 2.45) is 0 Å². The molecule has 5 rings (SSSR count). The van der Waals surface area contributed by atoms with Crippen LogP contribution in [0.15, 0.2) is 55.4 Å². The minimum Gasteiger partial charge on any atom is -0.315 e. The van der Waals surface area contributed by atoms with Crippen molar-refractivity contribution in [2.45, 2.75) is 44.3 Å². The Morgan fingerprint density at radius 2 is 2.00 bits per heavy atom. The molecular weight excluding hydrogens is 457 g/mol. The zero-order valence-electron chi connectivity index (χ0n) is 19.0. The van der Waals surface area contributed by atoms with Crippen molar-refractivity contribution >= 4 is 11.4 Å². The zero-order valence-corrected chi connectivity index (χ0v) is 19.0. The van der Waals surface area contributed by atoms with E-state index >= 15 is 0 Å². The Morgan fingerprint density at radius 1 is 1.11 bits per heavy atom. The van der Waals surface area contributed by atoms with E-state index in [9.17, 15) is 18.0 Å². The molecule has 5 heterocycles. The van der Waals surface area contributed by atoms with Crippen molar-refractivity contribution in [1.29, 1.82) is 0 Å². The quantitative estimate of drug-likeness (QED) is 0.415. The van der Waals surface area contributed by atoms with Crippen LogP contribution in [-0.2, 0) is 11.2 Å². The number of Topliss-reactive ketones (excluding diaryl/α,β-unsaturated/α-hetero) is 1. The van der Waals surface area contributed by atoms with Crippen molar-refractivity contribution in [1.82, 2.24) is 29.5 Å². The maximum absolute atomic E-state index is 12.4. The average Bonchev–Trinajstić information content (AvgIpc) is 3.50. The van der Waals surface area contributed by atoms with Crippen molar-refractivity contribution < 1.29 is 18.0 Å². The monoisotopic (exact) mass is 482 g/mol. The van der Waals surface area contributed by atoms with E-state index < -0.39 is 24.8 Å². The van der Waals surface area contributed by atoms with E-state index in [1.54, 1.807) is 18.5 Å². The Labute approximate surface area is 200 Å². The molecule has 1 atom stereocenters. The average molecular weight is 483 g/mol. The highest BCUT2D eigenvalue weighted by molar-refractivity contribution is 5.81. The van der Waals surface area contributed by atoms with Gasteiger partial charge < -0.3 is 5.32 Å². The van der Waals surface area contributed by atoms with Crippen molar-refractivity contribution in [3.05, 3.63) is 60.9 Å². The summed E-state index contributed by atoms with van der Waals surface area (Å²) >= 11 is 0. The number of halogens is 3. The second-order valence-corrected chi connectivity index (χ2v) is 8.91. The van der Waals surface area contributed by atoms with Crippen molar-refractivity contribution in [2.75, 3.05) is 13.1 Å². The maximum Gasteiger partial charge on any atom is 0.389 e. The first kappa shape index (κ1) is 23.2. The lowest BCUT2D eigenvalue weighted by molar-refractivity contribution is -0.143. The summed E-state index contributed by atoms with van der Waals surface area (Å²) in [4.78, 5) is 20.7. The van der Waals surface area contributed by atoms with E-state index in [0.29, 0.717) is 11.6 Å². The number of imidazole rings is 1. The standard InChI is InChI=1S/C25H25F3N6O/c26-25(27,28)5-3-22(35)9-17-8-19(12-30-11-17)23-15-31-24-10-18(4-7-33(23)24)20-13-32-34(16-20)21-2-1-6-29-14-21/h4,7-8,10-13,15-16,21,29H,1-3,5-6,9,14H2. The molecule has 1 N–H and O–H groups in total. The number of fused-ring (bicyclic) bond motifs is 1. The van der Waals surface area contributed by atoms with Crippen LogP contribution in [-0.4, -0.2) is 49.2 Å². The summed E-state index contributed by atoms with van der Waals surface area (Å²) in [7, 11) is 0. The first-order chi connectivity index (χ1) is 16.9. The number of aromatic nitrogens is 5. The van der Waals surface area contributed by atoms with Gasteiger partial charge in [0, 0.05) is 55.3 Å². The number of hydrogen-bond acceptors (Lipinski definition) is 5. The smallest absolute Gasteiger partial charge is 0.315 e. The molecule has 4 aromatic heterocycles. The van der Waals surface area contributed by atoms with Gasteiger partial charge in [0.1, 0.15) is 11.4 Å². The third-order valence-corrected chi connectivity index (χ3v) is 6.27. The lowest BCUT2D eigenvalue weighted by Crippen LogP contribution is -2.31. The number of carbonyl (C=O) groups excluding carboxylic acids is 1. The Bertz CT molecular complexity index is 1340. The number of carbonyl (C=O) groups is 1. The SMILES string of the molecule is O=C(CCC(F)(F)F)Cc1cncc(-c2cnc3cc(-c4cnn(C5CCCNC5)c4)ccn23)c1. The first-order valence-electron chi connectivity index (χ1n) is 11.6. The van der Waals surface area contributed by atoms with Crippen LogP contribution in [0.3, 0.4) is 0 Å². The Morgan fingerprint density at radius 3 is 2.80 bits per heavy atom. The molecule has 35 heavy (non-hydrogen) atoms. The van der Waals surface area contributed by atoms with Gasteiger partial charge in [-0.1, -0.05) is 0 Å². The summed E-state index contributed by atoms with van der Waals surface area (Å²) in [6.07, 6.45) is 6.94. The number of nitrogens with one attached hydrogen (secondary N) is 1. The molecule has 4 aromatic rings. The number of ketones is 1. The van der Waals surface area contributed by atoms with Crippen LogP contribution in [0.4, 0.5) is 13.2 Å². The van der Waals surface area contributed by atoms with Gasteiger partial charge in [-0.05, 0) is 48.7 Å². The summed E-state index contributed by atoms with van der Waals surface area (Å²) < 4.78 is 41.1. The van der Waals surface area contributed by atoms with Crippen LogP contribution < -0.4 is 5.32 Å². The van der Waals surface area contributed by atoms with E-state index in [2.05, 4.69) is 26.6 Å². The van der Waals surface area contributed by atoms with Crippen LogP contribution in [0.25, 0.3) is 28.0 Å². The van der Waals surface area contributed by atoms with Gasteiger partial charge in [-0.2, -0.15) is 18.3 Å². The Balaban J connectivity index is 1.34. The number of alkyl halides is 3. The van der Waals surface area contributed by atoms with E-state index in [4.69, 9.17) is 0 Å². The zero-order chi connectivity index (χ0) is 24.4. The second kappa shape index (κ2) is 9.61. The van der Waals surface area contributed by atoms with Crippen LogP contribution >= 0.6 is 0 Å². The fourth-order valence-electron chi connectivity index (χ4n) is 4.44. The fraction of sp³-hybridized carbons (Fsp3) is 0.360. The minimum atomic E-state index is -4.34. The van der Waals surface area contributed by atoms with E-state index in [1.807, 2.05) is 33.6 Å². The molecule has 0 spiro atoms. The van der Waals surface area contributed by atoms with Gasteiger partial charge in [-0.25, -0.2) is 4.98 Å². The van der Waals surface area contributed by atoms with E-state index in [-0.39, 0.29) is 6.42 Å². The molecular formula is C25H25F3N6O. The third-order valence-electron chi connectivity index (χ3n) is 6.27. The highest BCUT2D eigenvalue weighted by Crippen LogP contribution is 2.27. The summed E-state index contributed by atoms with van der Waals surface area (Å²) in [5, 5.41) is 7.97. The maximum atomic E-state index is 12.4. The number of hydrogen-bond donors (Lipinski definition) is 1. The number of piperidine rings is 1. The molecule has 1 saturated heterocycles. The summed E-state index contributed by atoms with van der Waals surface area (Å²) in [6, 6.07) is 6.12. The Hall–Kier alpha value is -3.53. The molecule has 0 amide bonds. The predicted octanol–water partition coefficient (Wildman–Crippen LogP) is 4.64. The van der Waals surface area contributed by atoms with Gasteiger partial charge in [0.15, 0.2) is 0 Å². The normalized spacial score (nSPS) is 16.6. The number of nitrogens with zero attached hydrogens (tertiary/aromatic N) is 5. The minimum absolute atomic E-state index is 0.0850. The van der Waals surface area contributed by atoms with E-state index in [0.717, 1.165) is 54.0 Å². The van der Waals surface area contributed by atoms with Crippen LogP contribution in [0.2, 0.25) is 0 Å². The lowest BCUT2D eigenvalue weighted by Gasteiger charge is -2.22. The van der Waals surface area contributed by atoms with Crippen molar-refractivity contribution in [3.8, 4) is 22.4 Å². The van der Waals surface area contributed by atoms with Crippen LogP contribution in [0.1, 0.15) is 37.3 Å². The first-order valence-corrected chi connectivity index (χ1v) is 11.6. The molecule has 0 radical (unpaired) electrons. The second-order valence-electron chi connectivity index (χ2n) is 8.91. The largest absolute Gasteiger partial charge is 0.389 e. The summed E-state index contributed by atoms with van der Waals surface area (Å²) in [5.41, 5.74) is 4.87. The molecule has 0 aromatic carbocycles. The van der Waals surface area contributed by atoms with Gasteiger partial charge in [-0.3, -0.25) is 18.9 Å². The van der Waals surface area contributed by atoms with Crippen LogP contribution in [0.5, 0.6) is 0 Å². The number of pyridine rings is 2. The molecule has 1 unspecified atom stereocenters. The topological polar surface area (TPSA) is 77.1 Å². The highest BCUT2D eigenvalue weighted by atomic mass is 19.4. The molecule has 0 bridgehead atoms. The molecule has 10 heteroatoms. The van der Waals surface area contributed by atoms with Gasteiger partial charge in [0.2, 0.25) is 0 Å². The summed E-state index contributed by atoms with van der Waals surface area (Å²) in [5.74, 6) is -0.464. The van der Waals surface area contributed by atoms with Gasteiger partial charge in [0.25, 0.3) is 0 Å². The molecule has 1 aliphatic rings.